The standard InChI is InChI=1S/C24H32O3/c1-13-14-7-8-16-22-10-6-9-20(2,3)17(22)19(26)24(27-12-22)21(4,5)11-15(14)23(16,24)18(13)25/h6,10,14-17,19,26H,1,7-9,11-12H2,2-5H3/t14-,15+,16-,17+,19-,22+,23-,24-/m0/s1. The molecule has 5 aliphatic carbocycles. The zero-order chi connectivity index (χ0) is 19.2. The van der Waals surface area contributed by atoms with Crippen molar-refractivity contribution >= 4 is 5.78 Å². The lowest BCUT2D eigenvalue weighted by molar-refractivity contribution is -0.369. The Hall–Kier alpha value is -0.930. The minimum atomic E-state index is -0.764. The number of carbonyl (C=O) groups is 1. The van der Waals surface area contributed by atoms with Gasteiger partial charge in [-0.2, -0.15) is 0 Å². The van der Waals surface area contributed by atoms with E-state index >= 15 is 0 Å². The van der Waals surface area contributed by atoms with E-state index in [0.29, 0.717) is 6.61 Å². The Morgan fingerprint density at radius 3 is 2.70 bits per heavy atom. The van der Waals surface area contributed by atoms with Crippen molar-refractivity contribution in [2.75, 3.05) is 6.61 Å². The van der Waals surface area contributed by atoms with E-state index in [9.17, 15) is 9.90 Å². The maximum absolute atomic E-state index is 13.9. The highest BCUT2D eigenvalue weighted by molar-refractivity contribution is 6.05. The Labute approximate surface area is 162 Å². The van der Waals surface area contributed by atoms with Gasteiger partial charge in [-0.1, -0.05) is 46.4 Å². The summed E-state index contributed by atoms with van der Waals surface area (Å²) in [5.41, 5.74) is -0.920. The molecule has 1 N–H and O–H groups in total. The molecule has 4 bridgehead atoms. The molecule has 2 heterocycles. The molecule has 27 heavy (non-hydrogen) atoms. The summed E-state index contributed by atoms with van der Waals surface area (Å²) in [6.45, 7) is 14.0. The van der Waals surface area contributed by atoms with E-state index in [1.807, 2.05) is 0 Å². The Kier molecular flexibility index (Phi) is 2.71. The molecule has 0 amide bonds. The fourth-order valence-electron chi connectivity index (χ4n) is 9.84. The zero-order valence-electron chi connectivity index (χ0n) is 17.0. The molecule has 0 unspecified atom stereocenters. The van der Waals surface area contributed by atoms with Crippen LogP contribution < -0.4 is 0 Å². The molecule has 6 fully saturated rings. The summed E-state index contributed by atoms with van der Waals surface area (Å²) in [7, 11) is 0. The molecule has 0 radical (unpaired) electrons. The van der Waals surface area contributed by atoms with Gasteiger partial charge in [-0.3, -0.25) is 4.79 Å². The second-order valence-corrected chi connectivity index (χ2v) is 11.8. The van der Waals surface area contributed by atoms with Crippen LogP contribution in [-0.4, -0.2) is 29.2 Å². The quantitative estimate of drug-likeness (QED) is 0.521. The van der Waals surface area contributed by atoms with Crippen LogP contribution in [0.2, 0.25) is 0 Å². The molecule has 3 spiro atoms. The lowest BCUT2D eigenvalue weighted by atomic mass is 9.34. The van der Waals surface area contributed by atoms with Crippen molar-refractivity contribution in [1.29, 1.82) is 0 Å². The summed E-state index contributed by atoms with van der Waals surface area (Å²) >= 11 is 0. The molecule has 2 saturated heterocycles. The van der Waals surface area contributed by atoms with Crippen LogP contribution in [0.25, 0.3) is 0 Å². The number of aliphatic hydroxyl groups is 1. The van der Waals surface area contributed by atoms with Crippen molar-refractivity contribution in [3.63, 3.8) is 0 Å². The first-order chi connectivity index (χ1) is 12.6. The summed E-state index contributed by atoms with van der Waals surface area (Å²) in [4.78, 5) is 13.9. The molecular weight excluding hydrogens is 336 g/mol. The monoisotopic (exact) mass is 368 g/mol. The normalized spacial score (nSPS) is 58.3. The molecule has 7 rings (SSSR count). The van der Waals surface area contributed by atoms with Gasteiger partial charge in [-0.05, 0) is 59.8 Å². The van der Waals surface area contributed by atoms with E-state index in [4.69, 9.17) is 4.74 Å². The van der Waals surface area contributed by atoms with E-state index in [-0.39, 0.29) is 45.7 Å². The summed E-state index contributed by atoms with van der Waals surface area (Å²) in [5.74, 6) is 1.24. The molecule has 3 heteroatoms. The number of carbonyl (C=O) groups excluding carboxylic acids is 1. The number of fused-ring (bicyclic) bond motifs is 1. The topological polar surface area (TPSA) is 46.5 Å². The minimum Gasteiger partial charge on any atom is -0.390 e. The zero-order valence-corrected chi connectivity index (χ0v) is 17.0. The third-order valence-electron chi connectivity index (χ3n) is 10.3. The smallest absolute Gasteiger partial charge is 0.168 e. The molecule has 0 aromatic heterocycles. The van der Waals surface area contributed by atoms with Gasteiger partial charge in [-0.25, -0.2) is 0 Å². The van der Waals surface area contributed by atoms with Crippen LogP contribution in [0.5, 0.6) is 0 Å². The highest BCUT2D eigenvalue weighted by Gasteiger charge is 2.90. The summed E-state index contributed by atoms with van der Waals surface area (Å²) in [5, 5.41) is 12.1. The van der Waals surface area contributed by atoms with Gasteiger partial charge in [0, 0.05) is 11.3 Å². The summed E-state index contributed by atoms with van der Waals surface area (Å²) in [6, 6.07) is 0. The van der Waals surface area contributed by atoms with Crippen LogP contribution >= 0.6 is 0 Å². The van der Waals surface area contributed by atoms with E-state index in [0.717, 1.165) is 31.3 Å². The maximum Gasteiger partial charge on any atom is 0.168 e. The summed E-state index contributed by atoms with van der Waals surface area (Å²) in [6.07, 6.45) is 8.14. The van der Waals surface area contributed by atoms with Gasteiger partial charge in [0.1, 0.15) is 5.60 Å². The number of hydrogen-bond donors (Lipinski definition) is 1. The van der Waals surface area contributed by atoms with Crippen LogP contribution in [0, 0.1) is 45.3 Å². The number of ether oxygens (including phenoxy) is 1. The van der Waals surface area contributed by atoms with Crippen molar-refractivity contribution in [2.24, 2.45) is 45.3 Å². The van der Waals surface area contributed by atoms with E-state index < -0.39 is 17.1 Å². The van der Waals surface area contributed by atoms with E-state index in [1.54, 1.807) is 0 Å². The van der Waals surface area contributed by atoms with Gasteiger partial charge in [0.2, 0.25) is 0 Å². The Balaban J connectivity index is 1.72. The summed E-state index contributed by atoms with van der Waals surface area (Å²) < 4.78 is 6.78. The predicted molar refractivity (Wildman–Crippen MR) is 103 cm³/mol. The first-order valence-electron chi connectivity index (χ1n) is 10.8. The average Bonchev–Trinajstić information content (AvgIpc) is 2.85. The number of Topliss-reactive ketones (excluding diaryl/α,β-unsaturated/α-hetero) is 1. The second kappa shape index (κ2) is 4.31. The lowest BCUT2D eigenvalue weighted by Crippen LogP contribution is -2.82. The fraction of sp³-hybridized carbons (Fsp3) is 0.792. The minimum absolute atomic E-state index is 0.0102. The number of ketones is 1. The fourth-order valence-corrected chi connectivity index (χ4v) is 9.84. The number of rotatable bonds is 0. The molecule has 7 aliphatic rings. The SMILES string of the molecule is C=C1C(=O)[C@@]23[C@@H]4CC(C)(C)[C@]25OC[C@]2(C=CCC(C)(C)[C@H]2[C@@H]5O)[C@@H]3CC[C@@H]14. The third-order valence-corrected chi connectivity index (χ3v) is 10.3. The van der Waals surface area contributed by atoms with Crippen LogP contribution in [0.1, 0.15) is 53.4 Å². The van der Waals surface area contributed by atoms with E-state index in [1.165, 1.54) is 0 Å². The number of hydrogen-bond acceptors (Lipinski definition) is 3. The Bertz CT molecular complexity index is 821. The molecular formula is C24H32O3. The Morgan fingerprint density at radius 2 is 1.96 bits per heavy atom. The lowest BCUT2D eigenvalue weighted by Gasteiger charge is -2.75. The van der Waals surface area contributed by atoms with Crippen molar-refractivity contribution in [2.45, 2.75) is 65.1 Å². The maximum atomic E-state index is 13.9. The van der Waals surface area contributed by atoms with Gasteiger partial charge in [-0.15, -0.1) is 0 Å². The van der Waals surface area contributed by atoms with E-state index in [2.05, 4.69) is 46.4 Å². The van der Waals surface area contributed by atoms with Crippen molar-refractivity contribution in [3.8, 4) is 0 Å². The predicted octanol–water partition coefficient (Wildman–Crippen LogP) is 3.92. The molecule has 0 aromatic rings. The largest absolute Gasteiger partial charge is 0.390 e. The van der Waals surface area contributed by atoms with Gasteiger partial charge >= 0.3 is 0 Å². The van der Waals surface area contributed by atoms with Crippen LogP contribution in [0.15, 0.2) is 24.3 Å². The number of allylic oxidation sites excluding steroid dienone is 2. The van der Waals surface area contributed by atoms with Gasteiger partial charge < -0.3 is 9.84 Å². The van der Waals surface area contributed by atoms with Crippen LogP contribution in [0.3, 0.4) is 0 Å². The van der Waals surface area contributed by atoms with Gasteiger partial charge in [0.15, 0.2) is 5.78 Å². The molecule has 4 saturated carbocycles. The molecule has 146 valence electrons. The first-order valence-corrected chi connectivity index (χ1v) is 10.8. The van der Waals surface area contributed by atoms with Crippen molar-refractivity contribution < 1.29 is 14.6 Å². The molecule has 8 atom stereocenters. The van der Waals surface area contributed by atoms with Crippen molar-refractivity contribution in [3.05, 3.63) is 24.3 Å². The van der Waals surface area contributed by atoms with Crippen LogP contribution in [0.4, 0.5) is 0 Å². The number of aliphatic hydroxyl groups excluding tert-OH is 1. The molecule has 2 aliphatic heterocycles. The first kappa shape index (κ1) is 17.0. The highest BCUT2D eigenvalue weighted by Crippen LogP contribution is 2.84. The van der Waals surface area contributed by atoms with Crippen molar-refractivity contribution in [1.82, 2.24) is 0 Å². The second-order valence-electron chi connectivity index (χ2n) is 11.8. The average molecular weight is 369 g/mol. The van der Waals surface area contributed by atoms with Gasteiger partial charge in [0.05, 0.1) is 18.1 Å². The molecule has 0 aromatic carbocycles. The third kappa shape index (κ3) is 1.33. The highest BCUT2D eigenvalue weighted by atomic mass is 16.5. The van der Waals surface area contributed by atoms with Crippen LogP contribution in [-0.2, 0) is 9.53 Å². The Morgan fingerprint density at radius 1 is 1.22 bits per heavy atom. The molecule has 3 nitrogen and oxygen atoms in total. The van der Waals surface area contributed by atoms with Gasteiger partial charge in [0.25, 0.3) is 0 Å².